The van der Waals surface area contributed by atoms with Gasteiger partial charge >= 0.3 is 6.09 Å². The van der Waals surface area contributed by atoms with Gasteiger partial charge < -0.3 is 15.7 Å². The number of ether oxygens (including phenoxy) is 1. The Morgan fingerprint density at radius 1 is 1.47 bits per heavy atom. The number of nitrogens with zero attached hydrogens (tertiary/aromatic N) is 1. The summed E-state index contributed by atoms with van der Waals surface area (Å²) >= 11 is 3.28. The van der Waals surface area contributed by atoms with Crippen molar-refractivity contribution in [2.45, 2.75) is 26.4 Å². The van der Waals surface area contributed by atoms with Crippen molar-refractivity contribution in [3.63, 3.8) is 0 Å². The molecular weight excluding hydrogens is 314 g/mol. The number of carbonyl (C=O) groups is 1. The van der Waals surface area contributed by atoms with Crippen molar-refractivity contribution in [2.75, 3.05) is 5.32 Å². The van der Waals surface area contributed by atoms with E-state index in [9.17, 15) is 4.79 Å². The van der Waals surface area contributed by atoms with Gasteiger partial charge in [-0.15, -0.1) is 0 Å². The Labute approximate surface area is 119 Å². The summed E-state index contributed by atoms with van der Waals surface area (Å²) in [6.07, 6.45) is -0.613. The number of amidine groups is 1. The summed E-state index contributed by atoms with van der Waals surface area (Å²) in [6, 6.07) is 4.97. The highest BCUT2D eigenvalue weighted by Crippen LogP contribution is 2.22. The van der Waals surface area contributed by atoms with Gasteiger partial charge in [0.25, 0.3) is 0 Å². The zero-order valence-electron chi connectivity index (χ0n) is 10.9. The summed E-state index contributed by atoms with van der Waals surface area (Å²) in [5.41, 5.74) is 5.72. The Bertz CT molecular complexity index is 509. The van der Waals surface area contributed by atoms with E-state index in [1.54, 1.807) is 39.0 Å². The molecule has 0 spiro atoms. The fraction of sp³-hybridized carbons (Fsp3) is 0.333. The number of nitrogens with one attached hydrogen (secondary N) is 1. The Morgan fingerprint density at radius 2 is 2.11 bits per heavy atom. The van der Waals surface area contributed by atoms with Gasteiger partial charge in [-0.05, 0) is 39.0 Å². The summed E-state index contributed by atoms with van der Waals surface area (Å²) in [5, 5.41) is 14.2. The van der Waals surface area contributed by atoms with Crippen molar-refractivity contribution < 1.29 is 14.7 Å². The van der Waals surface area contributed by atoms with Crippen LogP contribution in [-0.2, 0) is 4.74 Å². The SMILES string of the molecule is CC(C)(C)OC(=O)Nc1cc(Br)ccc1/C(N)=N/O. The predicted molar refractivity (Wildman–Crippen MR) is 76.5 cm³/mol. The summed E-state index contributed by atoms with van der Waals surface area (Å²) in [7, 11) is 0. The first-order valence-corrected chi connectivity index (χ1v) is 6.29. The molecule has 7 heteroatoms. The number of amides is 1. The summed E-state index contributed by atoms with van der Waals surface area (Å²) < 4.78 is 5.88. The maximum atomic E-state index is 11.7. The van der Waals surface area contributed by atoms with Gasteiger partial charge in [0.1, 0.15) is 5.60 Å². The van der Waals surface area contributed by atoms with Crippen molar-refractivity contribution in [1.29, 1.82) is 0 Å². The van der Waals surface area contributed by atoms with Crippen LogP contribution >= 0.6 is 15.9 Å². The van der Waals surface area contributed by atoms with Crippen molar-refractivity contribution in [1.82, 2.24) is 0 Å². The van der Waals surface area contributed by atoms with E-state index in [1.807, 2.05) is 0 Å². The second kappa shape index (κ2) is 5.92. The van der Waals surface area contributed by atoms with E-state index in [2.05, 4.69) is 26.4 Å². The molecule has 0 aliphatic heterocycles. The van der Waals surface area contributed by atoms with Gasteiger partial charge in [0.2, 0.25) is 0 Å². The van der Waals surface area contributed by atoms with E-state index in [0.717, 1.165) is 4.47 Å². The number of anilines is 1. The first-order valence-electron chi connectivity index (χ1n) is 5.50. The summed E-state index contributed by atoms with van der Waals surface area (Å²) in [4.78, 5) is 11.7. The standard InChI is InChI=1S/C12H16BrN3O3/c1-12(2,3)19-11(17)15-9-6-7(13)4-5-8(9)10(14)16-18/h4-6,18H,1-3H3,(H2,14,16)(H,15,17). The van der Waals surface area contributed by atoms with E-state index < -0.39 is 11.7 Å². The summed E-state index contributed by atoms with van der Waals surface area (Å²) in [6.45, 7) is 5.29. The molecule has 0 saturated carbocycles. The van der Waals surface area contributed by atoms with Crippen LogP contribution in [0.5, 0.6) is 0 Å². The largest absolute Gasteiger partial charge is 0.444 e. The number of rotatable bonds is 2. The van der Waals surface area contributed by atoms with Crippen molar-refractivity contribution in [3.05, 3.63) is 28.2 Å². The fourth-order valence-corrected chi connectivity index (χ4v) is 1.67. The van der Waals surface area contributed by atoms with Crippen LogP contribution in [-0.4, -0.2) is 22.7 Å². The van der Waals surface area contributed by atoms with Crippen molar-refractivity contribution in [2.24, 2.45) is 10.9 Å². The molecule has 0 atom stereocenters. The van der Waals surface area contributed by atoms with Gasteiger partial charge in [-0.2, -0.15) is 0 Å². The smallest absolute Gasteiger partial charge is 0.412 e. The summed E-state index contributed by atoms with van der Waals surface area (Å²) in [5.74, 6) is -0.0986. The molecule has 0 unspecified atom stereocenters. The molecule has 1 aromatic rings. The fourth-order valence-electron chi connectivity index (χ4n) is 1.31. The number of carbonyl (C=O) groups excluding carboxylic acids is 1. The second-order valence-electron chi connectivity index (χ2n) is 4.80. The molecular formula is C12H16BrN3O3. The topological polar surface area (TPSA) is 96.9 Å². The minimum absolute atomic E-state index is 0.0986. The van der Waals surface area contributed by atoms with E-state index >= 15 is 0 Å². The van der Waals surface area contributed by atoms with Gasteiger partial charge in [0.15, 0.2) is 5.84 Å². The van der Waals surface area contributed by atoms with Crippen LogP contribution in [0.1, 0.15) is 26.3 Å². The Balaban J connectivity index is 3.00. The first-order chi connectivity index (χ1) is 8.73. The molecule has 19 heavy (non-hydrogen) atoms. The molecule has 1 amide bonds. The Hall–Kier alpha value is -1.76. The lowest BCUT2D eigenvalue weighted by molar-refractivity contribution is 0.0636. The average molecular weight is 330 g/mol. The molecule has 0 aromatic heterocycles. The van der Waals surface area contributed by atoms with Crippen molar-refractivity contribution >= 4 is 33.5 Å². The molecule has 0 heterocycles. The van der Waals surface area contributed by atoms with Crippen LogP contribution < -0.4 is 11.1 Å². The number of oxime groups is 1. The highest BCUT2D eigenvalue weighted by Gasteiger charge is 2.18. The average Bonchev–Trinajstić information content (AvgIpc) is 2.25. The molecule has 0 saturated heterocycles. The van der Waals surface area contributed by atoms with Crippen LogP contribution in [0.25, 0.3) is 0 Å². The van der Waals surface area contributed by atoms with Gasteiger partial charge in [-0.3, -0.25) is 5.32 Å². The second-order valence-corrected chi connectivity index (χ2v) is 5.72. The Morgan fingerprint density at radius 3 is 2.63 bits per heavy atom. The van der Waals surface area contributed by atoms with Crippen LogP contribution in [0.4, 0.5) is 10.5 Å². The zero-order chi connectivity index (χ0) is 14.6. The minimum atomic E-state index is -0.613. The van der Waals surface area contributed by atoms with Crippen LogP contribution in [0.3, 0.4) is 0 Å². The highest BCUT2D eigenvalue weighted by molar-refractivity contribution is 9.10. The molecule has 104 valence electrons. The number of halogens is 1. The molecule has 1 aromatic carbocycles. The molecule has 0 fully saturated rings. The van der Waals surface area contributed by atoms with Gasteiger partial charge in [0.05, 0.1) is 5.69 Å². The third kappa shape index (κ3) is 4.78. The third-order valence-corrected chi connectivity index (χ3v) is 2.49. The molecule has 0 aliphatic rings. The quantitative estimate of drug-likeness (QED) is 0.336. The Kier molecular flexibility index (Phi) is 4.77. The monoisotopic (exact) mass is 329 g/mol. The maximum absolute atomic E-state index is 11.7. The lowest BCUT2D eigenvalue weighted by atomic mass is 10.1. The minimum Gasteiger partial charge on any atom is -0.444 e. The van der Waals surface area contributed by atoms with E-state index in [4.69, 9.17) is 15.7 Å². The number of nitrogens with two attached hydrogens (primary N) is 1. The van der Waals surface area contributed by atoms with Gasteiger partial charge in [-0.1, -0.05) is 21.1 Å². The number of hydrogen-bond donors (Lipinski definition) is 3. The third-order valence-electron chi connectivity index (χ3n) is 2.00. The molecule has 4 N–H and O–H groups in total. The van der Waals surface area contributed by atoms with Gasteiger partial charge in [-0.25, -0.2) is 4.79 Å². The van der Waals surface area contributed by atoms with Crippen LogP contribution in [0, 0.1) is 0 Å². The molecule has 0 radical (unpaired) electrons. The molecule has 6 nitrogen and oxygen atoms in total. The van der Waals surface area contributed by atoms with E-state index in [0.29, 0.717) is 11.3 Å². The highest BCUT2D eigenvalue weighted by atomic mass is 79.9. The normalized spacial score (nSPS) is 12.1. The van der Waals surface area contributed by atoms with E-state index in [-0.39, 0.29) is 5.84 Å². The first kappa shape index (κ1) is 15.3. The predicted octanol–water partition coefficient (Wildman–Crippen LogP) is 2.89. The molecule has 0 aliphatic carbocycles. The van der Waals surface area contributed by atoms with Gasteiger partial charge in [0, 0.05) is 10.0 Å². The zero-order valence-corrected chi connectivity index (χ0v) is 12.5. The maximum Gasteiger partial charge on any atom is 0.412 e. The number of benzene rings is 1. The van der Waals surface area contributed by atoms with E-state index in [1.165, 1.54) is 0 Å². The van der Waals surface area contributed by atoms with Crippen molar-refractivity contribution in [3.8, 4) is 0 Å². The molecule has 0 bridgehead atoms. The lowest BCUT2D eigenvalue weighted by Gasteiger charge is -2.20. The lowest BCUT2D eigenvalue weighted by Crippen LogP contribution is -2.28. The molecule has 1 rings (SSSR count). The van der Waals surface area contributed by atoms with Crippen LogP contribution in [0.15, 0.2) is 27.8 Å². The van der Waals surface area contributed by atoms with Crippen LogP contribution in [0.2, 0.25) is 0 Å². The number of hydrogen-bond acceptors (Lipinski definition) is 4.